The van der Waals surface area contributed by atoms with Crippen molar-refractivity contribution in [2.45, 2.75) is 0 Å². The number of benzene rings is 4. The van der Waals surface area contributed by atoms with Crippen molar-refractivity contribution in [1.29, 1.82) is 0 Å². The van der Waals surface area contributed by atoms with Gasteiger partial charge < -0.3 is 5.73 Å². The highest BCUT2D eigenvalue weighted by Gasteiger charge is 2.16. The van der Waals surface area contributed by atoms with E-state index in [-0.39, 0.29) is 5.96 Å². The third kappa shape index (κ3) is 5.52. The van der Waals surface area contributed by atoms with E-state index in [2.05, 4.69) is 15.2 Å². The molecular formula is C26H22N6. The minimum Gasteiger partial charge on any atom is -0.366 e. The smallest absolute Gasteiger partial charge is 0.255 e. The molecule has 0 radical (unpaired) electrons. The number of hydrogen-bond donors (Lipinski definition) is 1. The standard InChI is InChI=1S/C26H22N6/c27-25(28-21-13-5-1-6-14-21)30-31-26(29-22-15-7-2-8-16-22)32(23-17-9-3-10-18-23)24-19-11-4-12-20-24/h1-20H,(H2,27,28). The summed E-state index contributed by atoms with van der Waals surface area (Å²) in [7, 11) is 0. The molecule has 156 valence electrons. The first-order valence-electron chi connectivity index (χ1n) is 10.1. The number of guanidine groups is 2. The summed E-state index contributed by atoms with van der Waals surface area (Å²) in [4.78, 5) is 11.0. The zero-order valence-electron chi connectivity index (χ0n) is 17.4. The Morgan fingerprint density at radius 1 is 0.500 bits per heavy atom. The monoisotopic (exact) mass is 418 g/mol. The van der Waals surface area contributed by atoms with Gasteiger partial charge in [0.05, 0.1) is 11.4 Å². The number of nitrogens with zero attached hydrogens (tertiary/aromatic N) is 5. The highest BCUT2D eigenvalue weighted by atomic mass is 15.4. The summed E-state index contributed by atoms with van der Waals surface area (Å²) in [5.41, 5.74) is 9.28. The highest BCUT2D eigenvalue weighted by Crippen LogP contribution is 2.27. The molecule has 0 unspecified atom stereocenters. The molecule has 0 bridgehead atoms. The van der Waals surface area contributed by atoms with E-state index in [0.717, 1.165) is 17.1 Å². The number of aliphatic imine (C=N–C) groups is 2. The molecule has 0 saturated carbocycles. The topological polar surface area (TPSA) is 78.7 Å². The summed E-state index contributed by atoms with van der Waals surface area (Å²) in [6, 6.07) is 38.8. The minimum atomic E-state index is 0.0398. The van der Waals surface area contributed by atoms with Gasteiger partial charge in [0.25, 0.3) is 5.96 Å². The van der Waals surface area contributed by atoms with Crippen molar-refractivity contribution in [3.8, 4) is 0 Å². The fraction of sp³-hybridized carbons (Fsp3) is 0. The van der Waals surface area contributed by atoms with Crippen molar-refractivity contribution in [2.75, 3.05) is 4.90 Å². The molecule has 0 aliphatic heterocycles. The SMILES string of the molecule is NC(N=NC(=Nc1ccccc1)N(c1ccccc1)c1ccccc1)=Nc1ccccc1. The first-order chi connectivity index (χ1) is 15.8. The van der Waals surface area contributed by atoms with Crippen LogP contribution in [0.5, 0.6) is 0 Å². The summed E-state index contributed by atoms with van der Waals surface area (Å²) in [5, 5.41) is 8.58. The zero-order chi connectivity index (χ0) is 22.0. The molecule has 0 aliphatic rings. The van der Waals surface area contributed by atoms with Crippen molar-refractivity contribution in [1.82, 2.24) is 0 Å². The second-order valence-corrected chi connectivity index (χ2v) is 6.76. The van der Waals surface area contributed by atoms with E-state index < -0.39 is 0 Å². The Labute approximate surface area is 187 Å². The Kier molecular flexibility index (Phi) is 6.75. The van der Waals surface area contributed by atoms with Crippen molar-refractivity contribution >= 4 is 34.7 Å². The van der Waals surface area contributed by atoms with Crippen LogP contribution >= 0.6 is 0 Å². The first-order valence-corrected chi connectivity index (χ1v) is 10.1. The number of rotatable bonds is 4. The van der Waals surface area contributed by atoms with E-state index in [1.807, 2.05) is 126 Å². The average molecular weight is 419 g/mol. The van der Waals surface area contributed by atoms with Crippen molar-refractivity contribution < 1.29 is 0 Å². The summed E-state index contributed by atoms with van der Waals surface area (Å²) < 4.78 is 0. The number of para-hydroxylation sites is 4. The molecule has 2 N–H and O–H groups in total. The van der Waals surface area contributed by atoms with Crippen LogP contribution in [0.4, 0.5) is 22.7 Å². The predicted octanol–water partition coefficient (Wildman–Crippen LogP) is 6.61. The lowest BCUT2D eigenvalue weighted by Gasteiger charge is -2.23. The minimum absolute atomic E-state index is 0.0398. The molecule has 0 heterocycles. The Morgan fingerprint density at radius 2 is 0.906 bits per heavy atom. The lowest BCUT2D eigenvalue weighted by Crippen LogP contribution is -2.24. The lowest BCUT2D eigenvalue weighted by molar-refractivity contribution is 1.19. The van der Waals surface area contributed by atoms with E-state index >= 15 is 0 Å². The Bertz CT molecular complexity index is 1160. The molecule has 4 aromatic carbocycles. The molecule has 0 aromatic heterocycles. The molecule has 6 nitrogen and oxygen atoms in total. The molecule has 4 aromatic rings. The largest absolute Gasteiger partial charge is 0.366 e. The molecular weight excluding hydrogens is 396 g/mol. The van der Waals surface area contributed by atoms with Gasteiger partial charge in [-0.15, -0.1) is 10.2 Å². The maximum absolute atomic E-state index is 6.04. The molecule has 0 fully saturated rings. The summed E-state index contributed by atoms with van der Waals surface area (Å²) in [6.07, 6.45) is 0. The summed E-state index contributed by atoms with van der Waals surface area (Å²) >= 11 is 0. The highest BCUT2D eigenvalue weighted by molar-refractivity contribution is 6.04. The number of hydrogen-bond acceptors (Lipinski definition) is 2. The van der Waals surface area contributed by atoms with Crippen LogP contribution in [0.25, 0.3) is 0 Å². The molecule has 0 atom stereocenters. The van der Waals surface area contributed by atoms with E-state index in [1.165, 1.54) is 0 Å². The van der Waals surface area contributed by atoms with Crippen LogP contribution in [-0.4, -0.2) is 11.9 Å². The molecule has 0 amide bonds. The molecule has 0 saturated heterocycles. The molecule has 0 spiro atoms. The predicted molar refractivity (Wildman–Crippen MR) is 131 cm³/mol. The van der Waals surface area contributed by atoms with Crippen LogP contribution < -0.4 is 10.6 Å². The van der Waals surface area contributed by atoms with Gasteiger partial charge in [-0.3, -0.25) is 4.90 Å². The van der Waals surface area contributed by atoms with Gasteiger partial charge in [-0.05, 0) is 48.5 Å². The Balaban J connectivity index is 1.79. The third-order valence-electron chi connectivity index (χ3n) is 4.46. The van der Waals surface area contributed by atoms with E-state index in [4.69, 9.17) is 10.7 Å². The van der Waals surface area contributed by atoms with E-state index in [1.54, 1.807) is 0 Å². The molecule has 6 heteroatoms. The van der Waals surface area contributed by atoms with Gasteiger partial charge in [0, 0.05) is 11.4 Å². The average Bonchev–Trinajstić information content (AvgIpc) is 2.85. The quantitative estimate of drug-likeness (QED) is 0.230. The molecule has 4 rings (SSSR count). The molecule has 0 aliphatic carbocycles. The second kappa shape index (κ2) is 10.4. The van der Waals surface area contributed by atoms with Crippen LogP contribution in [0.15, 0.2) is 142 Å². The number of anilines is 2. The van der Waals surface area contributed by atoms with Crippen molar-refractivity contribution in [3.63, 3.8) is 0 Å². The van der Waals surface area contributed by atoms with Gasteiger partial charge in [-0.2, -0.15) is 0 Å². The fourth-order valence-electron chi connectivity index (χ4n) is 3.02. The first kappa shape index (κ1) is 20.7. The van der Waals surface area contributed by atoms with Gasteiger partial charge >= 0.3 is 0 Å². The normalized spacial score (nSPS) is 12.1. The molecule has 32 heavy (non-hydrogen) atoms. The van der Waals surface area contributed by atoms with Gasteiger partial charge in [-0.25, -0.2) is 9.98 Å². The third-order valence-corrected chi connectivity index (χ3v) is 4.46. The van der Waals surface area contributed by atoms with Crippen molar-refractivity contribution in [3.05, 3.63) is 121 Å². The van der Waals surface area contributed by atoms with Crippen LogP contribution in [0, 0.1) is 0 Å². The Morgan fingerprint density at radius 3 is 1.38 bits per heavy atom. The maximum Gasteiger partial charge on any atom is 0.255 e. The van der Waals surface area contributed by atoms with E-state index in [9.17, 15) is 0 Å². The lowest BCUT2D eigenvalue weighted by atomic mass is 10.2. The van der Waals surface area contributed by atoms with Gasteiger partial charge in [0.15, 0.2) is 0 Å². The van der Waals surface area contributed by atoms with E-state index in [0.29, 0.717) is 11.6 Å². The van der Waals surface area contributed by atoms with Crippen LogP contribution in [0.3, 0.4) is 0 Å². The Hall–Kier alpha value is -4.58. The zero-order valence-corrected chi connectivity index (χ0v) is 17.4. The van der Waals surface area contributed by atoms with Crippen LogP contribution in [-0.2, 0) is 0 Å². The number of nitrogens with two attached hydrogens (primary N) is 1. The van der Waals surface area contributed by atoms with Crippen LogP contribution in [0.2, 0.25) is 0 Å². The van der Waals surface area contributed by atoms with Gasteiger partial charge in [0.2, 0.25) is 5.96 Å². The van der Waals surface area contributed by atoms with Crippen LogP contribution in [0.1, 0.15) is 0 Å². The van der Waals surface area contributed by atoms with Gasteiger partial charge in [-0.1, -0.05) is 72.8 Å². The second-order valence-electron chi connectivity index (χ2n) is 6.76. The number of azo groups is 1. The fourth-order valence-corrected chi connectivity index (χ4v) is 3.02. The summed E-state index contributed by atoms with van der Waals surface area (Å²) in [5.74, 6) is 0.401. The maximum atomic E-state index is 6.04. The van der Waals surface area contributed by atoms with Crippen molar-refractivity contribution in [2.24, 2.45) is 25.9 Å². The van der Waals surface area contributed by atoms with Gasteiger partial charge in [0.1, 0.15) is 0 Å². The summed E-state index contributed by atoms with van der Waals surface area (Å²) in [6.45, 7) is 0.